The summed E-state index contributed by atoms with van der Waals surface area (Å²) in [5, 5.41) is 3.56. The Morgan fingerprint density at radius 3 is 2.57 bits per heavy atom. The quantitative estimate of drug-likeness (QED) is 0.711. The van der Waals surface area contributed by atoms with E-state index in [-0.39, 0.29) is 6.04 Å². The van der Waals surface area contributed by atoms with E-state index in [1.165, 1.54) is 11.1 Å². The van der Waals surface area contributed by atoms with E-state index in [4.69, 9.17) is 4.74 Å². The standard InChI is InChI=1S/C17H19Br2NO/c1-11-6-4-5-7-15(11)12(2)20-10-13-8-14(18)9-16(19)17(13)21-3/h4-9,12,20H,10H2,1-3H3. The maximum absolute atomic E-state index is 5.49. The van der Waals surface area contributed by atoms with Crippen molar-refractivity contribution in [3.05, 3.63) is 62.0 Å². The molecule has 1 N–H and O–H groups in total. The van der Waals surface area contributed by atoms with Crippen LogP contribution in [0.3, 0.4) is 0 Å². The Labute approximate surface area is 143 Å². The molecule has 0 aliphatic rings. The van der Waals surface area contributed by atoms with Crippen molar-refractivity contribution < 1.29 is 4.74 Å². The monoisotopic (exact) mass is 411 g/mol. The lowest BCUT2D eigenvalue weighted by molar-refractivity contribution is 0.403. The van der Waals surface area contributed by atoms with Gasteiger partial charge in [-0.25, -0.2) is 0 Å². The molecule has 0 spiro atoms. The molecule has 1 atom stereocenters. The number of rotatable bonds is 5. The van der Waals surface area contributed by atoms with E-state index >= 15 is 0 Å². The molecule has 21 heavy (non-hydrogen) atoms. The number of ether oxygens (including phenoxy) is 1. The normalized spacial score (nSPS) is 12.2. The molecule has 0 saturated heterocycles. The van der Waals surface area contributed by atoms with Crippen LogP contribution >= 0.6 is 31.9 Å². The van der Waals surface area contributed by atoms with Gasteiger partial charge >= 0.3 is 0 Å². The summed E-state index contributed by atoms with van der Waals surface area (Å²) in [4.78, 5) is 0. The van der Waals surface area contributed by atoms with Crippen LogP contribution in [-0.4, -0.2) is 7.11 Å². The third-order valence-electron chi connectivity index (χ3n) is 3.54. The molecule has 1 unspecified atom stereocenters. The van der Waals surface area contributed by atoms with Crippen molar-refractivity contribution >= 4 is 31.9 Å². The fourth-order valence-corrected chi connectivity index (χ4v) is 3.89. The fraction of sp³-hybridized carbons (Fsp3) is 0.294. The molecule has 0 saturated carbocycles. The molecule has 0 heterocycles. The number of hydrogen-bond acceptors (Lipinski definition) is 2. The highest BCUT2D eigenvalue weighted by molar-refractivity contribution is 9.11. The first kappa shape index (κ1) is 16.5. The minimum Gasteiger partial charge on any atom is -0.495 e. The lowest BCUT2D eigenvalue weighted by Crippen LogP contribution is -2.19. The molecule has 2 rings (SSSR count). The largest absolute Gasteiger partial charge is 0.495 e. The Balaban J connectivity index is 2.15. The van der Waals surface area contributed by atoms with E-state index in [9.17, 15) is 0 Å². The van der Waals surface area contributed by atoms with Gasteiger partial charge in [0.05, 0.1) is 11.6 Å². The average Bonchev–Trinajstić information content (AvgIpc) is 2.44. The molecule has 112 valence electrons. The number of benzene rings is 2. The van der Waals surface area contributed by atoms with Crippen LogP contribution in [0.15, 0.2) is 45.3 Å². The van der Waals surface area contributed by atoms with Gasteiger partial charge in [0, 0.05) is 22.6 Å². The molecular formula is C17H19Br2NO. The minimum absolute atomic E-state index is 0.286. The Morgan fingerprint density at radius 2 is 1.90 bits per heavy atom. The summed E-state index contributed by atoms with van der Waals surface area (Å²) >= 11 is 7.07. The van der Waals surface area contributed by atoms with Crippen molar-refractivity contribution in [1.82, 2.24) is 5.32 Å². The van der Waals surface area contributed by atoms with Gasteiger partial charge in [-0.1, -0.05) is 40.2 Å². The molecule has 0 amide bonds. The maximum Gasteiger partial charge on any atom is 0.137 e. The SMILES string of the molecule is COc1c(Br)cc(Br)cc1CNC(C)c1ccccc1C. The molecule has 0 radical (unpaired) electrons. The predicted molar refractivity (Wildman–Crippen MR) is 94.8 cm³/mol. The Bertz CT molecular complexity index is 628. The molecule has 2 aromatic rings. The van der Waals surface area contributed by atoms with E-state index in [2.05, 4.69) is 81.4 Å². The smallest absolute Gasteiger partial charge is 0.137 e. The second kappa shape index (κ2) is 7.43. The lowest BCUT2D eigenvalue weighted by Gasteiger charge is -2.18. The van der Waals surface area contributed by atoms with Gasteiger partial charge in [0.1, 0.15) is 5.75 Å². The van der Waals surface area contributed by atoms with Gasteiger partial charge in [0.15, 0.2) is 0 Å². The summed E-state index contributed by atoms with van der Waals surface area (Å²) in [6, 6.07) is 12.8. The number of hydrogen-bond donors (Lipinski definition) is 1. The first-order chi connectivity index (χ1) is 10.0. The van der Waals surface area contributed by atoms with Gasteiger partial charge < -0.3 is 10.1 Å². The zero-order chi connectivity index (χ0) is 15.4. The highest BCUT2D eigenvalue weighted by atomic mass is 79.9. The topological polar surface area (TPSA) is 21.3 Å². The molecule has 0 aromatic heterocycles. The van der Waals surface area contributed by atoms with Gasteiger partial charge in [-0.05, 0) is 53.0 Å². The molecule has 2 nitrogen and oxygen atoms in total. The summed E-state index contributed by atoms with van der Waals surface area (Å²) in [7, 11) is 1.70. The van der Waals surface area contributed by atoms with Crippen LogP contribution in [0.5, 0.6) is 5.75 Å². The first-order valence-corrected chi connectivity index (χ1v) is 8.42. The number of halogens is 2. The van der Waals surface area contributed by atoms with Crippen molar-refractivity contribution in [2.24, 2.45) is 0 Å². The summed E-state index contributed by atoms with van der Waals surface area (Å²) in [6.07, 6.45) is 0. The minimum atomic E-state index is 0.286. The van der Waals surface area contributed by atoms with Gasteiger partial charge in [-0.2, -0.15) is 0 Å². The van der Waals surface area contributed by atoms with Crippen LogP contribution < -0.4 is 10.1 Å². The molecule has 0 aliphatic heterocycles. The van der Waals surface area contributed by atoms with Crippen LogP contribution in [0.2, 0.25) is 0 Å². The van der Waals surface area contributed by atoms with E-state index in [0.717, 1.165) is 26.8 Å². The van der Waals surface area contributed by atoms with Gasteiger partial charge in [0.2, 0.25) is 0 Å². The third-order valence-corrected chi connectivity index (χ3v) is 4.59. The highest BCUT2D eigenvalue weighted by Crippen LogP contribution is 2.33. The molecule has 4 heteroatoms. The molecule has 0 fully saturated rings. The Kier molecular flexibility index (Phi) is 5.85. The second-order valence-electron chi connectivity index (χ2n) is 5.04. The highest BCUT2D eigenvalue weighted by Gasteiger charge is 2.12. The Morgan fingerprint density at radius 1 is 1.19 bits per heavy atom. The van der Waals surface area contributed by atoms with Crippen molar-refractivity contribution in [2.75, 3.05) is 7.11 Å². The van der Waals surface area contributed by atoms with Crippen LogP contribution in [-0.2, 0) is 6.54 Å². The summed E-state index contributed by atoms with van der Waals surface area (Å²) < 4.78 is 7.48. The average molecular weight is 413 g/mol. The summed E-state index contributed by atoms with van der Waals surface area (Å²) in [5.74, 6) is 0.877. The number of aryl methyl sites for hydroxylation is 1. The fourth-order valence-electron chi connectivity index (χ4n) is 2.42. The van der Waals surface area contributed by atoms with E-state index in [1.807, 2.05) is 6.07 Å². The van der Waals surface area contributed by atoms with Crippen molar-refractivity contribution in [2.45, 2.75) is 26.4 Å². The lowest BCUT2D eigenvalue weighted by atomic mass is 10.0. The molecular weight excluding hydrogens is 394 g/mol. The molecule has 0 aliphatic carbocycles. The van der Waals surface area contributed by atoms with E-state index in [0.29, 0.717) is 0 Å². The predicted octanol–water partition coefficient (Wildman–Crippen LogP) is 5.38. The van der Waals surface area contributed by atoms with Crippen LogP contribution in [0.25, 0.3) is 0 Å². The van der Waals surface area contributed by atoms with Gasteiger partial charge in [-0.3, -0.25) is 0 Å². The van der Waals surface area contributed by atoms with Gasteiger partial charge in [-0.15, -0.1) is 0 Å². The zero-order valence-corrected chi connectivity index (χ0v) is 15.6. The second-order valence-corrected chi connectivity index (χ2v) is 6.81. The van der Waals surface area contributed by atoms with Gasteiger partial charge in [0.25, 0.3) is 0 Å². The van der Waals surface area contributed by atoms with E-state index < -0.39 is 0 Å². The molecule has 0 bridgehead atoms. The Hall–Kier alpha value is -0.840. The third kappa shape index (κ3) is 4.09. The van der Waals surface area contributed by atoms with Crippen molar-refractivity contribution in [3.8, 4) is 5.75 Å². The van der Waals surface area contributed by atoms with Crippen molar-refractivity contribution in [1.29, 1.82) is 0 Å². The zero-order valence-electron chi connectivity index (χ0n) is 12.4. The van der Waals surface area contributed by atoms with Crippen LogP contribution in [0.1, 0.15) is 29.7 Å². The summed E-state index contributed by atoms with van der Waals surface area (Å²) in [5.41, 5.74) is 3.75. The van der Waals surface area contributed by atoms with Crippen LogP contribution in [0.4, 0.5) is 0 Å². The van der Waals surface area contributed by atoms with Crippen LogP contribution in [0, 0.1) is 6.92 Å². The van der Waals surface area contributed by atoms with E-state index in [1.54, 1.807) is 7.11 Å². The first-order valence-electron chi connectivity index (χ1n) is 6.83. The molecule has 2 aromatic carbocycles. The number of nitrogens with one attached hydrogen (secondary N) is 1. The number of methoxy groups -OCH3 is 1. The van der Waals surface area contributed by atoms with Crippen molar-refractivity contribution in [3.63, 3.8) is 0 Å². The summed E-state index contributed by atoms with van der Waals surface area (Å²) in [6.45, 7) is 5.07. The maximum atomic E-state index is 5.49.